The van der Waals surface area contributed by atoms with Crippen LogP contribution in [0.1, 0.15) is 119 Å². The van der Waals surface area contributed by atoms with E-state index in [9.17, 15) is 9.90 Å². The third kappa shape index (κ3) is 2.71. The highest BCUT2D eigenvalue weighted by Crippen LogP contribution is 2.78. The van der Waals surface area contributed by atoms with Crippen molar-refractivity contribution in [2.75, 3.05) is 6.61 Å². The summed E-state index contributed by atoms with van der Waals surface area (Å²) >= 11 is 0. The molecule has 182 valence electrons. The van der Waals surface area contributed by atoms with Crippen molar-refractivity contribution in [3.8, 4) is 0 Å². The van der Waals surface area contributed by atoms with Crippen LogP contribution in [-0.4, -0.2) is 17.5 Å². The van der Waals surface area contributed by atoms with Crippen molar-refractivity contribution in [2.45, 2.75) is 119 Å². The molecule has 0 radical (unpaired) electrons. The summed E-state index contributed by atoms with van der Waals surface area (Å²) < 4.78 is 0. The molecule has 0 bridgehead atoms. The van der Waals surface area contributed by atoms with Crippen LogP contribution < -0.4 is 0 Å². The summed E-state index contributed by atoms with van der Waals surface area (Å²) in [7, 11) is 0. The van der Waals surface area contributed by atoms with Crippen molar-refractivity contribution >= 4 is 5.78 Å². The standard InChI is InChI=1S/C30H50O2/c1-20-21(32)8-9-22-27(20,4)11-10-23-28(22,5)15-17-30(7)24-18-25(2,19-31)12-13-26(24,3)14-16-29(23,30)6/h20,22-24,31H,8-19H2,1-7H3/t20-,22+,23+,24-,25+,26+,27+,28-,29+,30-/m0/s1. The highest BCUT2D eigenvalue weighted by molar-refractivity contribution is 5.82. The Morgan fingerprint density at radius 2 is 1.38 bits per heavy atom. The molecular weight excluding hydrogens is 392 g/mol. The van der Waals surface area contributed by atoms with Gasteiger partial charge in [0.15, 0.2) is 0 Å². The molecule has 5 aliphatic carbocycles. The first-order valence-corrected chi connectivity index (χ1v) is 13.9. The summed E-state index contributed by atoms with van der Waals surface area (Å²) in [6.45, 7) is 18.0. The number of aliphatic hydroxyl groups is 1. The van der Waals surface area contributed by atoms with Gasteiger partial charge in [0, 0.05) is 18.9 Å². The van der Waals surface area contributed by atoms with Crippen molar-refractivity contribution in [2.24, 2.45) is 56.2 Å². The minimum atomic E-state index is 0.108. The van der Waals surface area contributed by atoms with Crippen molar-refractivity contribution in [1.29, 1.82) is 0 Å². The highest BCUT2D eigenvalue weighted by Gasteiger charge is 2.70. The topological polar surface area (TPSA) is 37.3 Å². The Balaban J connectivity index is 1.54. The van der Waals surface area contributed by atoms with Crippen LogP contribution in [0.3, 0.4) is 0 Å². The van der Waals surface area contributed by atoms with Gasteiger partial charge in [-0.3, -0.25) is 4.79 Å². The van der Waals surface area contributed by atoms with Crippen LogP contribution in [0.25, 0.3) is 0 Å². The van der Waals surface area contributed by atoms with Gasteiger partial charge in [-0.2, -0.15) is 0 Å². The van der Waals surface area contributed by atoms with Crippen LogP contribution in [0.4, 0.5) is 0 Å². The van der Waals surface area contributed by atoms with Gasteiger partial charge < -0.3 is 5.11 Å². The second kappa shape index (κ2) is 6.86. The third-order valence-corrected chi connectivity index (χ3v) is 14.0. The molecule has 0 aromatic heterocycles. The van der Waals surface area contributed by atoms with Gasteiger partial charge in [-0.05, 0) is 114 Å². The molecule has 0 aromatic carbocycles. The second-order valence-corrected chi connectivity index (χ2v) is 15.1. The fourth-order valence-electron chi connectivity index (χ4n) is 11.2. The van der Waals surface area contributed by atoms with Gasteiger partial charge in [-0.1, -0.05) is 48.5 Å². The first kappa shape index (κ1) is 23.4. The Hall–Kier alpha value is -0.370. The van der Waals surface area contributed by atoms with Gasteiger partial charge in [0.2, 0.25) is 0 Å². The third-order valence-electron chi connectivity index (χ3n) is 14.0. The van der Waals surface area contributed by atoms with Crippen LogP contribution in [0, 0.1) is 56.2 Å². The maximum Gasteiger partial charge on any atom is 0.136 e. The summed E-state index contributed by atoms with van der Waals surface area (Å²) in [5.74, 6) is 2.96. The van der Waals surface area contributed by atoms with E-state index >= 15 is 0 Å². The number of carbonyl (C=O) groups excluding carboxylic acids is 1. The number of ketones is 1. The maximum atomic E-state index is 12.7. The van der Waals surface area contributed by atoms with E-state index < -0.39 is 0 Å². The molecule has 0 heterocycles. The Morgan fingerprint density at radius 1 is 0.750 bits per heavy atom. The van der Waals surface area contributed by atoms with Crippen molar-refractivity contribution < 1.29 is 9.90 Å². The van der Waals surface area contributed by atoms with E-state index in [1.165, 1.54) is 57.8 Å². The molecule has 2 nitrogen and oxygen atoms in total. The van der Waals surface area contributed by atoms with Gasteiger partial charge in [-0.25, -0.2) is 0 Å². The normalized spacial score (nSPS) is 60.1. The van der Waals surface area contributed by atoms with Crippen LogP contribution in [0.2, 0.25) is 0 Å². The van der Waals surface area contributed by atoms with Crippen molar-refractivity contribution in [3.63, 3.8) is 0 Å². The predicted octanol–water partition coefficient (Wildman–Crippen LogP) is 7.43. The summed E-state index contributed by atoms with van der Waals surface area (Å²) in [6, 6.07) is 0. The van der Waals surface area contributed by atoms with E-state index in [1.807, 2.05) is 0 Å². The molecule has 5 rings (SSSR count). The van der Waals surface area contributed by atoms with Gasteiger partial charge >= 0.3 is 0 Å². The van der Waals surface area contributed by atoms with E-state index in [2.05, 4.69) is 48.5 Å². The zero-order chi connectivity index (χ0) is 23.4. The van der Waals surface area contributed by atoms with E-state index in [4.69, 9.17) is 0 Å². The van der Waals surface area contributed by atoms with Crippen molar-refractivity contribution in [1.82, 2.24) is 0 Å². The van der Waals surface area contributed by atoms with Gasteiger partial charge in [-0.15, -0.1) is 0 Å². The zero-order valence-electron chi connectivity index (χ0n) is 22.2. The zero-order valence-corrected chi connectivity index (χ0v) is 22.2. The Labute approximate surface area is 197 Å². The van der Waals surface area contributed by atoms with E-state index in [1.54, 1.807) is 0 Å². The summed E-state index contributed by atoms with van der Waals surface area (Å²) in [5, 5.41) is 10.3. The first-order chi connectivity index (χ1) is 14.8. The molecule has 5 fully saturated rings. The van der Waals surface area contributed by atoms with E-state index in [0.717, 1.165) is 24.7 Å². The fraction of sp³-hybridized carbons (Fsp3) is 0.967. The molecule has 0 aliphatic heterocycles. The SMILES string of the molecule is C[C@H]1C(=O)CC[C@H]2[C@]3(C)CC[C@@]4(C)[C@H]5C[C@](C)(CO)CC[C@]5(C)CC[C@]4(C)[C@@H]3CC[C@@]21C. The lowest BCUT2D eigenvalue weighted by Gasteiger charge is -2.74. The Kier molecular flexibility index (Phi) is 5.01. The number of hydrogen-bond donors (Lipinski definition) is 1. The second-order valence-electron chi connectivity index (χ2n) is 15.1. The molecule has 10 atom stereocenters. The Morgan fingerprint density at radius 3 is 2.06 bits per heavy atom. The lowest BCUT2D eigenvalue weighted by Crippen LogP contribution is -2.67. The van der Waals surface area contributed by atoms with Gasteiger partial charge in [0.1, 0.15) is 5.78 Å². The maximum absolute atomic E-state index is 12.7. The predicted molar refractivity (Wildman–Crippen MR) is 131 cm³/mol. The molecule has 1 N–H and O–H groups in total. The molecule has 0 aromatic rings. The Bertz CT molecular complexity index is 805. The number of hydrogen-bond acceptors (Lipinski definition) is 2. The first-order valence-electron chi connectivity index (χ1n) is 13.9. The van der Waals surface area contributed by atoms with Crippen LogP contribution >= 0.6 is 0 Å². The monoisotopic (exact) mass is 442 g/mol. The summed E-state index contributed by atoms with van der Waals surface area (Å²) in [6.07, 6.45) is 13.6. The minimum absolute atomic E-state index is 0.108. The van der Waals surface area contributed by atoms with Crippen LogP contribution in [-0.2, 0) is 4.79 Å². The fourth-order valence-corrected chi connectivity index (χ4v) is 11.2. The number of fused-ring (bicyclic) bond motifs is 7. The molecule has 5 saturated carbocycles. The van der Waals surface area contributed by atoms with Gasteiger partial charge in [0.25, 0.3) is 0 Å². The smallest absolute Gasteiger partial charge is 0.136 e. The largest absolute Gasteiger partial charge is 0.396 e. The number of carbonyl (C=O) groups is 1. The summed E-state index contributed by atoms with van der Waals surface area (Å²) in [4.78, 5) is 12.7. The molecular formula is C30H50O2. The van der Waals surface area contributed by atoms with Crippen LogP contribution in [0.15, 0.2) is 0 Å². The summed E-state index contributed by atoms with van der Waals surface area (Å²) in [5.41, 5.74) is 1.88. The van der Waals surface area contributed by atoms with Crippen LogP contribution in [0.5, 0.6) is 0 Å². The average molecular weight is 443 g/mol. The van der Waals surface area contributed by atoms with Crippen molar-refractivity contribution in [3.05, 3.63) is 0 Å². The lowest BCUT2D eigenvalue weighted by atomic mass is 9.30. The van der Waals surface area contributed by atoms with E-state index in [0.29, 0.717) is 40.0 Å². The lowest BCUT2D eigenvalue weighted by molar-refractivity contribution is -0.258. The molecule has 0 amide bonds. The van der Waals surface area contributed by atoms with E-state index in [-0.39, 0.29) is 16.7 Å². The number of aliphatic hydroxyl groups excluding tert-OH is 1. The molecule has 2 heteroatoms. The highest BCUT2D eigenvalue weighted by atomic mass is 16.3. The molecule has 5 aliphatic rings. The molecule has 0 unspecified atom stereocenters. The number of Topliss-reactive ketones (excluding diaryl/α,β-unsaturated/α-hetero) is 1. The molecule has 32 heavy (non-hydrogen) atoms. The van der Waals surface area contributed by atoms with Gasteiger partial charge in [0.05, 0.1) is 0 Å². The number of rotatable bonds is 1. The average Bonchev–Trinajstić information content (AvgIpc) is 2.75. The molecule has 0 saturated heterocycles. The molecule has 0 spiro atoms. The minimum Gasteiger partial charge on any atom is -0.396 e. The quantitative estimate of drug-likeness (QED) is 0.458.